The van der Waals surface area contributed by atoms with Crippen LogP contribution in [0.15, 0.2) is 60.7 Å². The standard InChI is InChI=1S/C27H29NO4/c1-26-13-14-27(2,28-26)21-19-15-18(20(21)26)22(31-24(29)16-9-5-3-6-10-16)23(19)32-25(30)17-11-7-4-8-12-17/h3-12,18-23,28H,13-15H2,1-2H3. The van der Waals surface area contributed by atoms with Crippen LogP contribution in [-0.2, 0) is 9.47 Å². The lowest BCUT2D eigenvalue weighted by Gasteiger charge is -2.46. The maximum absolute atomic E-state index is 13.0. The van der Waals surface area contributed by atoms with Crippen molar-refractivity contribution < 1.29 is 19.1 Å². The maximum Gasteiger partial charge on any atom is 0.338 e. The predicted octanol–water partition coefficient (Wildman–Crippen LogP) is 4.23. The molecule has 2 saturated carbocycles. The highest BCUT2D eigenvalue weighted by Crippen LogP contribution is 2.68. The van der Waals surface area contributed by atoms with E-state index >= 15 is 0 Å². The Morgan fingerprint density at radius 1 is 0.750 bits per heavy atom. The van der Waals surface area contributed by atoms with E-state index in [0.717, 1.165) is 19.3 Å². The van der Waals surface area contributed by atoms with Crippen molar-refractivity contribution >= 4 is 11.9 Å². The molecule has 32 heavy (non-hydrogen) atoms. The molecule has 6 rings (SSSR count). The van der Waals surface area contributed by atoms with Gasteiger partial charge in [0.05, 0.1) is 11.1 Å². The van der Waals surface area contributed by atoms with Gasteiger partial charge >= 0.3 is 11.9 Å². The minimum absolute atomic E-state index is 0.0602. The van der Waals surface area contributed by atoms with Crippen LogP contribution in [0.1, 0.15) is 53.8 Å². The average molecular weight is 432 g/mol. The monoisotopic (exact) mass is 431 g/mol. The van der Waals surface area contributed by atoms with Gasteiger partial charge in [-0.15, -0.1) is 0 Å². The van der Waals surface area contributed by atoms with E-state index in [2.05, 4.69) is 19.2 Å². The summed E-state index contributed by atoms with van der Waals surface area (Å²) in [5.41, 5.74) is 1.18. The third kappa shape index (κ3) is 2.80. The van der Waals surface area contributed by atoms with E-state index in [-0.39, 0.29) is 34.9 Å². The molecule has 0 amide bonds. The molecule has 5 nitrogen and oxygen atoms in total. The zero-order valence-corrected chi connectivity index (χ0v) is 18.5. The minimum Gasteiger partial charge on any atom is -0.455 e. The SMILES string of the molecule is CC12CCC(C)(N1)C1C3CC(C(OC(=O)c4ccccc4)C3OC(=O)c3ccccc3)C12. The Hall–Kier alpha value is -2.66. The Bertz CT molecular complexity index is 972. The normalized spacial score (nSPS) is 40.8. The first-order chi connectivity index (χ1) is 15.4. The highest BCUT2D eigenvalue weighted by molar-refractivity contribution is 5.90. The van der Waals surface area contributed by atoms with Gasteiger partial charge in [0.1, 0.15) is 12.2 Å². The highest BCUT2D eigenvalue weighted by atomic mass is 16.6. The summed E-state index contributed by atoms with van der Waals surface area (Å²) in [7, 11) is 0. The van der Waals surface area contributed by atoms with Gasteiger partial charge in [-0.3, -0.25) is 0 Å². The second-order valence-corrected chi connectivity index (χ2v) is 10.5. The van der Waals surface area contributed by atoms with E-state index in [1.165, 1.54) is 0 Å². The first-order valence-corrected chi connectivity index (χ1v) is 11.7. The van der Waals surface area contributed by atoms with E-state index in [9.17, 15) is 9.59 Å². The van der Waals surface area contributed by atoms with Gasteiger partial charge in [0.15, 0.2) is 0 Å². The van der Waals surface area contributed by atoms with Crippen molar-refractivity contribution in [2.45, 2.75) is 56.4 Å². The number of esters is 2. The quantitative estimate of drug-likeness (QED) is 0.734. The molecule has 2 aliphatic carbocycles. The molecule has 166 valence electrons. The summed E-state index contributed by atoms with van der Waals surface area (Å²) in [5, 5.41) is 3.91. The molecule has 8 unspecified atom stereocenters. The summed E-state index contributed by atoms with van der Waals surface area (Å²) < 4.78 is 12.3. The summed E-state index contributed by atoms with van der Waals surface area (Å²) in [5.74, 6) is 0.593. The fourth-order valence-corrected chi connectivity index (χ4v) is 7.68. The minimum atomic E-state index is -0.414. The molecule has 2 heterocycles. The van der Waals surface area contributed by atoms with Crippen LogP contribution >= 0.6 is 0 Å². The van der Waals surface area contributed by atoms with Gasteiger partial charge in [0, 0.05) is 22.9 Å². The molecule has 2 aliphatic heterocycles. The van der Waals surface area contributed by atoms with Crippen molar-refractivity contribution in [3.63, 3.8) is 0 Å². The molecule has 2 aromatic carbocycles. The van der Waals surface area contributed by atoms with Crippen LogP contribution in [0.5, 0.6) is 0 Å². The van der Waals surface area contributed by atoms with Gasteiger partial charge in [-0.2, -0.15) is 0 Å². The molecule has 8 atom stereocenters. The van der Waals surface area contributed by atoms with Gasteiger partial charge in [0.2, 0.25) is 0 Å². The molecule has 4 fully saturated rings. The first-order valence-electron chi connectivity index (χ1n) is 11.7. The van der Waals surface area contributed by atoms with Crippen LogP contribution < -0.4 is 5.32 Å². The molecule has 4 aliphatic rings. The molecule has 0 radical (unpaired) electrons. The second-order valence-electron chi connectivity index (χ2n) is 10.5. The maximum atomic E-state index is 13.0. The molecule has 4 bridgehead atoms. The molecule has 2 saturated heterocycles. The predicted molar refractivity (Wildman–Crippen MR) is 119 cm³/mol. The van der Waals surface area contributed by atoms with E-state index in [0.29, 0.717) is 23.0 Å². The Kier molecular flexibility index (Phi) is 4.32. The fraction of sp³-hybridized carbons (Fsp3) is 0.481. The molecule has 0 spiro atoms. The van der Waals surface area contributed by atoms with E-state index in [1.807, 2.05) is 36.4 Å². The van der Waals surface area contributed by atoms with Gasteiger partial charge in [-0.1, -0.05) is 36.4 Å². The zero-order chi connectivity index (χ0) is 22.1. The van der Waals surface area contributed by atoms with Gasteiger partial charge in [0.25, 0.3) is 0 Å². The number of hydrogen-bond donors (Lipinski definition) is 1. The van der Waals surface area contributed by atoms with Crippen molar-refractivity contribution in [1.29, 1.82) is 0 Å². The molecule has 0 aromatic heterocycles. The Labute approximate surface area is 188 Å². The van der Waals surface area contributed by atoms with Crippen LogP contribution in [0.2, 0.25) is 0 Å². The van der Waals surface area contributed by atoms with Crippen LogP contribution in [0, 0.1) is 23.7 Å². The lowest BCUT2D eigenvalue weighted by atomic mass is 9.61. The number of carbonyl (C=O) groups is 2. The van der Waals surface area contributed by atoms with Crippen molar-refractivity contribution in [1.82, 2.24) is 5.32 Å². The van der Waals surface area contributed by atoms with E-state index in [1.54, 1.807) is 24.3 Å². The Morgan fingerprint density at radius 2 is 1.16 bits per heavy atom. The third-order valence-electron chi connectivity index (χ3n) is 8.73. The number of nitrogens with one attached hydrogen (secondary N) is 1. The number of hydrogen-bond acceptors (Lipinski definition) is 5. The van der Waals surface area contributed by atoms with Crippen molar-refractivity contribution in [3.8, 4) is 0 Å². The summed E-state index contributed by atoms with van der Waals surface area (Å²) in [6, 6.07) is 18.2. The number of ether oxygens (including phenoxy) is 2. The summed E-state index contributed by atoms with van der Waals surface area (Å²) in [6.45, 7) is 4.65. The topological polar surface area (TPSA) is 64.6 Å². The molecule has 2 aromatic rings. The van der Waals surface area contributed by atoms with Crippen molar-refractivity contribution in [2.75, 3.05) is 0 Å². The van der Waals surface area contributed by atoms with Gasteiger partial charge in [-0.05, 0) is 69.2 Å². The number of fused-ring (bicyclic) bond motifs is 9. The summed E-state index contributed by atoms with van der Waals surface area (Å²) >= 11 is 0. The summed E-state index contributed by atoms with van der Waals surface area (Å²) in [4.78, 5) is 26.0. The second kappa shape index (κ2) is 6.92. The number of carbonyl (C=O) groups excluding carboxylic acids is 2. The summed E-state index contributed by atoms with van der Waals surface area (Å²) in [6.07, 6.45) is 2.40. The highest BCUT2D eigenvalue weighted by Gasteiger charge is 2.74. The van der Waals surface area contributed by atoms with Crippen LogP contribution in [0.3, 0.4) is 0 Å². The molecular formula is C27H29NO4. The molecular weight excluding hydrogens is 402 g/mol. The number of benzene rings is 2. The van der Waals surface area contributed by atoms with E-state index in [4.69, 9.17) is 9.47 Å². The molecule has 5 heteroatoms. The van der Waals surface area contributed by atoms with Gasteiger partial charge in [-0.25, -0.2) is 9.59 Å². The van der Waals surface area contributed by atoms with Crippen LogP contribution in [0.4, 0.5) is 0 Å². The van der Waals surface area contributed by atoms with Crippen molar-refractivity contribution in [3.05, 3.63) is 71.8 Å². The van der Waals surface area contributed by atoms with Crippen LogP contribution in [-0.4, -0.2) is 35.2 Å². The lowest BCUT2D eigenvalue weighted by Crippen LogP contribution is -2.53. The van der Waals surface area contributed by atoms with E-state index < -0.39 is 12.2 Å². The smallest absolute Gasteiger partial charge is 0.338 e. The lowest BCUT2D eigenvalue weighted by molar-refractivity contribution is -0.0917. The van der Waals surface area contributed by atoms with Crippen molar-refractivity contribution in [2.24, 2.45) is 23.7 Å². The Balaban J connectivity index is 1.32. The largest absolute Gasteiger partial charge is 0.455 e. The Morgan fingerprint density at radius 3 is 1.56 bits per heavy atom. The van der Waals surface area contributed by atoms with Crippen LogP contribution in [0.25, 0.3) is 0 Å². The van der Waals surface area contributed by atoms with Gasteiger partial charge < -0.3 is 14.8 Å². The average Bonchev–Trinajstić information content (AvgIpc) is 3.51. The third-order valence-corrected chi connectivity index (χ3v) is 8.73. The first kappa shape index (κ1) is 20.0. The molecule has 1 N–H and O–H groups in total. The number of rotatable bonds is 4. The zero-order valence-electron chi connectivity index (χ0n) is 18.5. The fourth-order valence-electron chi connectivity index (χ4n) is 7.68.